The van der Waals surface area contributed by atoms with Gasteiger partial charge in [-0.25, -0.2) is 9.78 Å². The zero-order valence-electron chi connectivity index (χ0n) is 26.2. The Morgan fingerprint density at radius 1 is 1.13 bits per heavy atom. The van der Waals surface area contributed by atoms with Crippen molar-refractivity contribution in [3.63, 3.8) is 0 Å². The molecule has 4 amide bonds. The first-order chi connectivity index (χ1) is 22.0. The monoisotopic (exact) mass is 636 g/mol. The normalized spacial score (nSPS) is 20.8. The van der Waals surface area contributed by atoms with Gasteiger partial charge in [-0.3, -0.25) is 14.5 Å². The summed E-state index contributed by atoms with van der Waals surface area (Å²) in [7, 11) is 0. The van der Waals surface area contributed by atoms with Crippen LogP contribution in [0.4, 0.5) is 16.2 Å². The van der Waals surface area contributed by atoms with Crippen LogP contribution in [0.15, 0.2) is 77.5 Å². The van der Waals surface area contributed by atoms with Crippen molar-refractivity contribution in [1.29, 1.82) is 5.26 Å². The van der Waals surface area contributed by atoms with E-state index in [1.54, 1.807) is 22.1 Å². The topological polar surface area (TPSA) is 128 Å². The maximum Gasteiger partial charge on any atom is 0.327 e. The van der Waals surface area contributed by atoms with Crippen LogP contribution < -0.4 is 20.3 Å². The summed E-state index contributed by atoms with van der Waals surface area (Å²) in [5.41, 5.74) is 2.91. The van der Waals surface area contributed by atoms with Crippen molar-refractivity contribution in [3.05, 3.63) is 83.6 Å². The zero-order valence-corrected chi connectivity index (χ0v) is 27.1. The molecule has 3 unspecified atom stereocenters. The van der Waals surface area contributed by atoms with Crippen molar-refractivity contribution >= 4 is 41.0 Å². The summed E-state index contributed by atoms with van der Waals surface area (Å²) < 4.78 is 5.99. The highest BCUT2D eigenvalue weighted by Gasteiger charge is 2.45. The molecule has 3 atom stereocenters. The lowest BCUT2D eigenvalue weighted by atomic mass is 9.92. The number of allylic oxidation sites excluding steroid dienone is 1. The number of carbonyl (C=O) groups excluding carboxylic acids is 3. The van der Waals surface area contributed by atoms with E-state index in [1.807, 2.05) is 88.4 Å². The van der Waals surface area contributed by atoms with E-state index in [-0.39, 0.29) is 35.4 Å². The van der Waals surface area contributed by atoms with Crippen LogP contribution in [0.3, 0.4) is 0 Å². The van der Waals surface area contributed by atoms with Gasteiger partial charge < -0.3 is 20.3 Å². The van der Waals surface area contributed by atoms with Crippen LogP contribution in [-0.4, -0.2) is 46.2 Å². The van der Waals surface area contributed by atoms with E-state index in [4.69, 9.17) is 4.74 Å². The molecule has 6 rings (SSSR count). The van der Waals surface area contributed by atoms with Gasteiger partial charge in [-0.1, -0.05) is 56.8 Å². The van der Waals surface area contributed by atoms with Crippen LogP contribution in [0.25, 0.3) is 0 Å². The molecule has 0 radical (unpaired) electrons. The average molecular weight is 637 g/mol. The predicted molar refractivity (Wildman–Crippen MR) is 176 cm³/mol. The lowest BCUT2D eigenvalue weighted by Crippen LogP contribution is -2.52. The van der Waals surface area contributed by atoms with Gasteiger partial charge >= 0.3 is 6.03 Å². The van der Waals surface area contributed by atoms with Crippen LogP contribution >= 0.6 is 11.8 Å². The van der Waals surface area contributed by atoms with Gasteiger partial charge in [0, 0.05) is 24.8 Å². The van der Waals surface area contributed by atoms with Crippen LogP contribution in [0.1, 0.15) is 50.8 Å². The number of benzene rings is 2. The Morgan fingerprint density at radius 2 is 1.91 bits per heavy atom. The van der Waals surface area contributed by atoms with Crippen LogP contribution in [0.5, 0.6) is 11.5 Å². The number of urea groups is 1. The number of hydrogen-bond acceptors (Lipinski definition) is 7. The minimum atomic E-state index is -0.473. The number of amides is 4. The Bertz CT molecular complexity index is 1760. The second kappa shape index (κ2) is 12.5. The number of nitrogens with one attached hydrogen (secondary N) is 2. The van der Waals surface area contributed by atoms with Gasteiger partial charge in [0.05, 0.1) is 23.3 Å². The third-order valence-corrected chi connectivity index (χ3v) is 9.38. The molecule has 2 N–H and O–H groups in total. The van der Waals surface area contributed by atoms with Crippen molar-refractivity contribution in [2.45, 2.75) is 57.0 Å². The van der Waals surface area contributed by atoms with Gasteiger partial charge in [0.25, 0.3) is 5.91 Å². The summed E-state index contributed by atoms with van der Waals surface area (Å²) in [4.78, 5) is 48.2. The summed E-state index contributed by atoms with van der Waals surface area (Å²) >= 11 is 1.41. The SMILES string of the molecule is Cc1cc(Oc2ccccc2)ccc1N1C(=O)NC2c3c1ccnc3SC2NC(=O)C1CCCN(C(=O)/C(C#N)=C/C(C)(C)C)C1. The number of ether oxygens (including phenoxy) is 1. The van der Waals surface area contributed by atoms with E-state index in [0.717, 1.165) is 21.9 Å². The minimum absolute atomic E-state index is 0.0945. The van der Waals surface area contributed by atoms with E-state index in [0.29, 0.717) is 36.5 Å². The molecule has 46 heavy (non-hydrogen) atoms. The number of nitrogens with zero attached hydrogens (tertiary/aromatic N) is 4. The van der Waals surface area contributed by atoms with E-state index in [9.17, 15) is 19.6 Å². The number of likely N-dealkylation sites (tertiary alicyclic amines) is 1. The van der Waals surface area contributed by atoms with Crippen molar-refractivity contribution in [3.8, 4) is 17.6 Å². The van der Waals surface area contributed by atoms with Crippen LogP contribution in [-0.2, 0) is 9.59 Å². The Hall–Kier alpha value is -4.82. The van der Waals surface area contributed by atoms with Crippen molar-refractivity contribution < 1.29 is 19.1 Å². The fourth-order valence-electron chi connectivity index (χ4n) is 6.12. The molecule has 3 aliphatic heterocycles. The summed E-state index contributed by atoms with van der Waals surface area (Å²) in [6, 6.07) is 18.2. The van der Waals surface area contributed by atoms with E-state index in [1.165, 1.54) is 11.8 Å². The van der Waals surface area contributed by atoms with Gasteiger partial charge in [-0.2, -0.15) is 5.26 Å². The average Bonchev–Trinajstić information content (AvgIpc) is 3.37. The van der Waals surface area contributed by atoms with Crippen molar-refractivity contribution in [1.82, 2.24) is 20.5 Å². The third kappa shape index (κ3) is 6.30. The molecule has 3 aromatic rings. The van der Waals surface area contributed by atoms with Gasteiger partial charge in [0.2, 0.25) is 5.91 Å². The zero-order chi connectivity index (χ0) is 32.6. The highest BCUT2D eigenvalue weighted by molar-refractivity contribution is 8.00. The molecule has 236 valence electrons. The number of anilines is 2. The number of piperidine rings is 1. The highest BCUT2D eigenvalue weighted by atomic mass is 32.2. The molecular formula is C35H36N6O4S. The number of thioether (sulfide) groups is 1. The molecule has 0 spiro atoms. The molecule has 4 heterocycles. The number of nitriles is 1. The number of carbonyl (C=O) groups is 3. The second-order valence-electron chi connectivity index (χ2n) is 12.8. The molecule has 0 saturated carbocycles. The lowest BCUT2D eigenvalue weighted by molar-refractivity contribution is -0.132. The van der Waals surface area contributed by atoms with E-state index >= 15 is 0 Å². The fourth-order valence-corrected chi connectivity index (χ4v) is 7.35. The van der Waals surface area contributed by atoms with Crippen LogP contribution in [0, 0.1) is 29.6 Å². The first kappa shape index (κ1) is 31.2. The Morgan fingerprint density at radius 3 is 2.63 bits per heavy atom. The van der Waals surface area contributed by atoms with Gasteiger partial charge in [0.15, 0.2) is 0 Å². The molecule has 1 fully saturated rings. The van der Waals surface area contributed by atoms with Crippen molar-refractivity contribution in [2.75, 3.05) is 18.0 Å². The number of aromatic nitrogens is 1. The molecule has 0 aliphatic carbocycles. The molecule has 1 aromatic heterocycles. The second-order valence-corrected chi connectivity index (χ2v) is 14.0. The fraction of sp³-hybridized carbons (Fsp3) is 0.343. The Balaban J connectivity index is 1.18. The van der Waals surface area contributed by atoms with Crippen LogP contribution in [0.2, 0.25) is 0 Å². The maximum atomic E-state index is 13.7. The van der Waals surface area contributed by atoms with Crippen molar-refractivity contribution in [2.24, 2.45) is 11.3 Å². The summed E-state index contributed by atoms with van der Waals surface area (Å²) in [6.45, 7) is 8.46. The molecule has 0 bridgehead atoms. The third-order valence-electron chi connectivity index (χ3n) is 8.19. The maximum absolute atomic E-state index is 13.7. The predicted octanol–water partition coefficient (Wildman–Crippen LogP) is 6.37. The molecule has 1 saturated heterocycles. The summed E-state index contributed by atoms with van der Waals surface area (Å²) in [6.07, 6.45) is 4.64. The quantitative estimate of drug-likeness (QED) is 0.238. The Kier molecular flexibility index (Phi) is 8.49. The number of rotatable bonds is 6. The first-order valence-electron chi connectivity index (χ1n) is 15.3. The Labute approximate surface area is 272 Å². The smallest absolute Gasteiger partial charge is 0.327 e. The van der Waals surface area contributed by atoms with Gasteiger partial charge in [-0.15, -0.1) is 0 Å². The molecule has 11 heteroatoms. The number of pyridine rings is 1. The molecule has 2 aromatic carbocycles. The number of para-hydroxylation sites is 1. The van der Waals surface area contributed by atoms with E-state index in [2.05, 4.69) is 15.6 Å². The first-order valence-corrected chi connectivity index (χ1v) is 16.2. The van der Waals surface area contributed by atoms with E-state index < -0.39 is 17.3 Å². The molecule has 10 nitrogen and oxygen atoms in total. The standard InChI is InChI=1S/C35H36N6O4S/c1-21-17-25(45-24-10-6-5-7-11-24)12-13-26(21)41-27-14-15-37-31-28(27)29(38-34(41)44)32(46-31)39-30(42)22-9-8-16-40(20-22)33(43)23(19-36)18-35(2,3)4/h5-7,10-15,17-18,22,29,32H,8-9,16,20H2,1-4H3,(H,38,44)(H,39,42)/b23-18+. The molecule has 3 aliphatic rings. The van der Waals surface area contributed by atoms with Gasteiger partial charge in [-0.05, 0) is 67.1 Å². The number of aryl methyl sites for hydroxylation is 1. The largest absolute Gasteiger partial charge is 0.457 e. The van der Waals surface area contributed by atoms with Gasteiger partial charge in [0.1, 0.15) is 33.5 Å². The molecular weight excluding hydrogens is 600 g/mol. The minimum Gasteiger partial charge on any atom is -0.457 e. The summed E-state index contributed by atoms with van der Waals surface area (Å²) in [5, 5.41) is 16.1. The number of hydrogen-bond donors (Lipinski definition) is 2. The lowest BCUT2D eigenvalue weighted by Gasteiger charge is -2.36. The summed E-state index contributed by atoms with van der Waals surface area (Å²) in [5.74, 6) is 0.421. The highest BCUT2D eigenvalue weighted by Crippen LogP contribution is 2.50.